The van der Waals surface area contributed by atoms with Crippen molar-refractivity contribution in [3.05, 3.63) is 78.1 Å². The summed E-state index contributed by atoms with van der Waals surface area (Å²) in [5.74, 6) is 0.662. The first-order valence-corrected chi connectivity index (χ1v) is 8.51. The minimum Gasteiger partial charge on any atom is -0.356 e. The Hall–Kier alpha value is -3.34. The first-order chi connectivity index (χ1) is 12.7. The monoisotopic (exact) mass is 345 g/mol. The van der Waals surface area contributed by atoms with Crippen LogP contribution in [0, 0.1) is 0 Å². The second-order valence-corrected chi connectivity index (χ2v) is 6.28. The van der Waals surface area contributed by atoms with Gasteiger partial charge >= 0.3 is 0 Å². The molecule has 0 aliphatic carbocycles. The van der Waals surface area contributed by atoms with Crippen molar-refractivity contribution >= 4 is 16.8 Å². The van der Waals surface area contributed by atoms with Gasteiger partial charge in [-0.15, -0.1) is 0 Å². The van der Waals surface area contributed by atoms with Gasteiger partial charge in [0.1, 0.15) is 5.69 Å². The van der Waals surface area contributed by atoms with Gasteiger partial charge in [-0.05, 0) is 11.6 Å². The molecule has 2 heterocycles. The summed E-state index contributed by atoms with van der Waals surface area (Å²) < 4.78 is 7.40. The Bertz CT molecular complexity index is 1050. The highest BCUT2D eigenvalue weighted by molar-refractivity contribution is 5.89. The lowest BCUT2D eigenvalue weighted by molar-refractivity contribution is -0.120. The Kier molecular flexibility index (Phi) is 4.27. The van der Waals surface area contributed by atoms with Gasteiger partial charge in [-0.3, -0.25) is 4.79 Å². The van der Waals surface area contributed by atoms with Crippen molar-refractivity contribution in [3.63, 3.8) is 0 Å². The van der Waals surface area contributed by atoms with E-state index in [1.807, 2.05) is 72.4 Å². The van der Waals surface area contributed by atoms with E-state index in [-0.39, 0.29) is 5.91 Å². The van der Waals surface area contributed by atoms with Gasteiger partial charge in [0.25, 0.3) is 0 Å². The molecule has 2 aromatic heterocycles. The number of fused-ring (bicyclic) bond motifs is 1. The number of benzene rings is 2. The normalized spacial score (nSPS) is 11.0. The fourth-order valence-corrected chi connectivity index (χ4v) is 3.12. The van der Waals surface area contributed by atoms with Crippen LogP contribution in [0.15, 0.2) is 71.4 Å². The molecular formula is C21H19N3O2. The number of rotatable bonds is 5. The van der Waals surface area contributed by atoms with E-state index in [0.29, 0.717) is 24.4 Å². The summed E-state index contributed by atoms with van der Waals surface area (Å²) in [5, 5.41) is 8.06. The van der Waals surface area contributed by atoms with Crippen LogP contribution < -0.4 is 5.32 Å². The molecule has 130 valence electrons. The minimum absolute atomic E-state index is 0.0365. The quantitative estimate of drug-likeness (QED) is 0.600. The molecular weight excluding hydrogens is 326 g/mol. The van der Waals surface area contributed by atoms with E-state index in [1.54, 1.807) is 0 Å². The molecule has 4 aromatic rings. The van der Waals surface area contributed by atoms with Crippen molar-refractivity contribution in [3.8, 4) is 11.3 Å². The molecule has 0 saturated carbocycles. The number of carbonyl (C=O) groups is 1. The summed E-state index contributed by atoms with van der Waals surface area (Å²) in [5.41, 5.74) is 3.81. The van der Waals surface area contributed by atoms with Gasteiger partial charge in [0.2, 0.25) is 5.91 Å². The standard InChI is InChI=1S/C21H19N3O2/c1-24-14-16(18-9-5-6-10-19(18)24)11-21(25)22-13-17-12-20(26-23-17)15-7-3-2-4-8-15/h2-10,12,14H,11,13H2,1H3,(H,22,25). The predicted molar refractivity (Wildman–Crippen MR) is 100 cm³/mol. The lowest BCUT2D eigenvalue weighted by atomic mass is 10.1. The topological polar surface area (TPSA) is 60.1 Å². The van der Waals surface area contributed by atoms with Crippen molar-refractivity contribution in [2.24, 2.45) is 7.05 Å². The van der Waals surface area contributed by atoms with Crippen LogP contribution in [0.4, 0.5) is 0 Å². The summed E-state index contributed by atoms with van der Waals surface area (Å²) in [7, 11) is 1.99. The van der Waals surface area contributed by atoms with Crippen LogP contribution in [-0.2, 0) is 24.8 Å². The molecule has 26 heavy (non-hydrogen) atoms. The SMILES string of the molecule is Cn1cc(CC(=O)NCc2cc(-c3ccccc3)on2)c2ccccc21. The molecule has 5 heteroatoms. The van der Waals surface area contributed by atoms with Crippen molar-refractivity contribution < 1.29 is 9.32 Å². The maximum absolute atomic E-state index is 12.3. The van der Waals surface area contributed by atoms with Gasteiger partial charge in [0, 0.05) is 35.8 Å². The van der Waals surface area contributed by atoms with E-state index < -0.39 is 0 Å². The van der Waals surface area contributed by atoms with E-state index in [1.165, 1.54) is 0 Å². The summed E-state index contributed by atoms with van der Waals surface area (Å²) in [6, 6.07) is 19.7. The highest BCUT2D eigenvalue weighted by Gasteiger charge is 2.12. The van der Waals surface area contributed by atoms with Crippen LogP contribution in [0.3, 0.4) is 0 Å². The number of carbonyl (C=O) groups excluding carboxylic acids is 1. The fraction of sp³-hybridized carbons (Fsp3) is 0.143. The second kappa shape index (κ2) is 6.88. The third-order valence-corrected chi connectivity index (χ3v) is 4.41. The zero-order valence-corrected chi connectivity index (χ0v) is 14.5. The Morgan fingerprint density at radius 2 is 1.88 bits per heavy atom. The van der Waals surface area contributed by atoms with Crippen LogP contribution in [-0.4, -0.2) is 15.6 Å². The Balaban J connectivity index is 1.41. The highest BCUT2D eigenvalue weighted by Crippen LogP contribution is 2.21. The summed E-state index contributed by atoms with van der Waals surface area (Å²) in [6.45, 7) is 0.347. The number of hydrogen-bond donors (Lipinski definition) is 1. The smallest absolute Gasteiger partial charge is 0.224 e. The number of nitrogens with zero attached hydrogens (tertiary/aromatic N) is 2. The Morgan fingerprint density at radius 1 is 1.12 bits per heavy atom. The van der Waals surface area contributed by atoms with E-state index >= 15 is 0 Å². The molecule has 0 saturated heterocycles. The summed E-state index contributed by atoms with van der Waals surface area (Å²) in [4.78, 5) is 12.3. The van der Waals surface area contributed by atoms with Crippen LogP contribution in [0.2, 0.25) is 0 Å². The number of nitrogens with one attached hydrogen (secondary N) is 1. The molecule has 0 radical (unpaired) electrons. The van der Waals surface area contributed by atoms with Crippen LogP contribution in [0.1, 0.15) is 11.3 Å². The number of aromatic nitrogens is 2. The molecule has 0 fully saturated rings. The highest BCUT2D eigenvalue weighted by atomic mass is 16.5. The minimum atomic E-state index is -0.0365. The summed E-state index contributed by atoms with van der Waals surface area (Å²) >= 11 is 0. The number of hydrogen-bond acceptors (Lipinski definition) is 3. The summed E-state index contributed by atoms with van der Waals surface area (Å²) in [6.07, 6.45) is 2.35. The van der Waals surface area contributed by atoms with Crippen molar-refractivity contribution in [2.75, 3.05) is 0 Å². The van der Waals surface area contributed by atoms with Crippen molar-refractivity contribution in [2.45, 2.75) is 13.0 Å². The fourth-order valence-electron chi connectivity index (χ4n) is 3.12. The maximum Gasteiger partial charge on any atom is 0.224 e. The molecule has 1 amide bonds. The largest absolute Gasteiger partial charge is 0.356 e. The van der Waals surface area contributed by atoms with Gasteiger partial charge < -0.3 is 14.4 Å². The maximum atomic E-state index is 12.3. The molecule has 0 atom stereocenters. The van der Waals surface area contributed by atoms with Gasteiger partial charge in [-0.1, -0.05) is 53.7 Å². The molecule has 2 aromatic carbocycles. The molecule has 0 aliphatic rings. The first kappa shape index (κ1) is 16.1. The van der Waals surface area contributed by atoms with Gasteiger partial charge in [-0.25, -0.2) is 0 Å². The molecule has 0 bridgehead atoms. The van der Waals surface area contributed by atoms with E-state index in [0.717, 1.165) is 22.0 Å². The molecule has 0 unspecified atom stereocenters. The zero-order chi connectivity index (χ0) is 17.9. The number of para-hydroxylation sites is 1. The average molecular weight is 345 g/mol. The number of amides is 1. The van der Waals surface area contributed by atoms with Crippen molar-refractivity contribution in [1.82, 2.24) is 15.0 Å². The molecule has 0 aliphatic heterocycles. The zero-order valence-electron chi connectivity index (χ0n) is 14.5. The first-order valence-electron chi connectivity index (χ1n) is 8.51. The van der Waals surface area contributed by atoms with Gasteiger partial charge in [-0.2, -0.15) is 0 Å². The van der Waals surface area contributed by atoms with E-state index in [9.17, 15) is 4.79 Å². The van der Waals surface area contributed by atoms with Crippen LogP contribution in [0.25, 0.3) is 22.2 Å². The molecule has 0 spiro atoms. The lowest BCUT2D eigenvalue weighted by Crippen LogP contribution is -2.24. The van der Waals surface area contributed by atoms with Gasteiger partial charge in [0.15, 0.2) is 5.76 Å². The van der Waals surface area contributed by atoms with Crippen molar-refractivity contribution in [1.29, 1.82) is 0 Å². The predicted octanol–water partition coefficient (Wildman–Crippen LogP) is 3.69. The second-order valence-electron chi connectivity index (χ2n) is 6.28. The van der Waals surface area contributed by atoms with Crippen LogP contribution >= 0.6 is 0 Å². The third kappa shape index (κ3) is 3.24. The van der Waals surface area contributed by atoms with Crippen LogP contribution in [0.5, 0.6) is 0 Å². The lowest BCUT2D eigenvalue weighted by Gasteiger charge is -2.02. The molecule has 4 rings (SSSR count). The Morgan fingerprint density at radius 3 is 2.73 bits per heavy atom. The molecule has 1 N–H and O–H groups in total. The molecule has 5 nitrogen and oxygen atoms in total. The Labute approximate surface area is 151 Å². The average Bonchev–Trinajstić information content (AvgIpc) is 3.27. The third-order valence-electron chi connectivity index (χ3n) is 4.41. The van der Waals surface area contributed by atoms with Gasteiger partial charge in [0.05, 0.1) is 13.0 Å². The van der Waals surface area contributed by atoms with E-state index in [2.05, 4.69) is 16.5 Å². The number of aryl methyl sites for hydroxylation is 1. The van der Waals surface area contributed by atoms with E-state index in [4.69, 9.17) is 4.52 Å².